The SMILES string of the molecule is Cc1c(Cl)cccc1S(=O)(=O)N1CCN(Cc2ccccn2)CC1. The second kappa shape index (κ2) is 7.19. The first-order valence-corrected chi connectivity index (χ1v) is 9.68. The van der Waals surface area contributed by atoms with Crippen LogP contribution in [-0.2, 0) is 16.6 Å². The summed E-state index contributed by atoms with van der Waals surface area (Å²) in [5.74, 6) is 0. The van der Waals surface area contributed by atoms with Crippen molar-refractivity contribution < 1.29 is 8.42 Å². The van der Waals surface area contributed by atoms with Gasteiger partial charge in [0.15, 0.2) is 0 Å². The molecule has 2 aromatic rings. The van der Waals surface area contributed by atoms with Crippen LogP contribution in [0, 0.1) is 6.92 Å². The summed E-state index contributed by atoms with van der Waals surface area (Å²) in [6.45, 7) is 4.81. The van der Waals surface area contributed by atoms with Crippen LogP contribution >= 0.6 is 11.6 Å². The highest BCUT2D eigenvalue weighted by atomic mass is 35.5. The fraction of sp³-hybridized carbons (Fsp3) is 0.353. The normalized spacial score (nSPS) is 17.1. The smallest absolute Gasteiger partial charge is 0.243 e. The van der Waals surface area contributed by atoms with E-state index in [9.17, 15) is 8.42 Å². The van der Waals surface area contributed by atoms with Crippen molar-refractivity contribution in [1.29, 1.82) is 0 Å². The molecule has 2 heterocycles. The molecule has 0 aliphatic carbocycles. The van der Waals surface area contributed by atoms with Gasteiger partial charge in [0, 0.05) is 43.9 Å². The van der Waals surface area contributed by atoms with Crippen molar-refractivity contribution in [2.24, 2.45) is 0 Å². The molecule has 1 saturated heterocycles. The van der Waals surface area contributed by atoms with E-state index in [1.807, 2.05) is 18.2 Å². The maximum atomic E-state index is 12.9. The van der Waals surface area contributed by atoms with Crippen LogP contribution in [-0.4, -0.2) is 48.8 Å². The van der Waals surface area contributed by atoms with Crippen LogP contribution in [0.25, 0.3) is 0 Å². The Morgan fingerprint density at radius 3 is 2.50 bits per heavy atom. The van der Waals surface area contributed by atoms with Gasteiger partial charge in [0.25, 0.3) is 0 Å². The molecule has 0 spiro atoms. The van der Waals surface area contributed by atoms with Crippen LogP contribution < -0.4 is 0 Å². The van der Waals surface area contributed by atoms with Crippen LogP contribution in [0.15, 0.2) is 47.5 Å². The van der Waals surface area contributed by atoms with Gasteiger partial charge in [-0.3, -0.25) is 9.88 Å². The lowest BCUT2D eigenvalue weighted by Gasteiger charge is -2.34. The van der Waals surface area contributed by atoms with Crippen molar-refractivity contribution in [3.63, 3.8) is 0 Å². The molecule has 0 unspecified atom stereocenters. The molecule has 0 saturated carbocycles. The van der Waals surface area contributed by atoms with Gasteiger partial charge < -0.3 is 0 Å². The lowest BCUT2D eigenvalue weighted by molar-refractivity contribution is 0.180. The Hall–Kier alpha value is -1.47. The average Bonchev–Trinajstić information content (AvgIpc) is 2.58. The van der Waals surface area contributed by atoms with Gasteiger partial charge in [-0.15, -0.1) is 0 Å². The fourth-order valence-electron chi connectivity index (χ4n) is 2.85. The molecule has 1 fully saturated rings. The summed E-state index contributed by atoms with van der Waals surface area (Å²) in [6.07, 6.45) is 1.78. The zero-order valence-electron chi connectivity index (χ0n) is 13.5. The van der Waals surface area contributed by atoms with E-state index >= 15 is 0 Å². The van der Waals surface area contributed by atoms with E-state index in [2.05, 4.69) is 9.88 Å². The van der Waals surface area contributed by atoms with Crippen molar-refractivity contribution in [1.82, 2.24) is 14.2 Å². The summed E-state index contributed by atoms with van der Waals surface area (Å²) in [5.41, 5.74) is 1.61. The monoisotopic (exact) mass is 365 g/mol. The Kier molecular flexibility index (Phi) is 5.20. The van der Waals surface area contributed by atoms with Gasteiger partial charge in [0.2, 0.25) is 10.0 Å². The van der Waals surface area contributed by atoms with Crippen LogP contribution in [0.3, 0.4) is 0 Å². The minimum atomic E-state index is -3.50. The predicted octanol–water partition coefficient (Wildman–Crippen LogP) is 2.55. The number of piperazine rings is 1. The number of aromatic nitrogens is 1. The molecule has 7 heteroatoms. The first kappa shape index (κ1) is 17.4. The molecule has 1 aromatic heterocycles. The number of hydrogen-bond donors (Lipinski definition) is 0. The third kappa shape index (κ3) is 3.62. The van der Waals surface area contributed by atoms with E-state index in [0.29, 0.717) is 41.7 Å². The molecule has 128 valence electrons. The largest absolute Gasteiger partial charge is 0.295 e. The van der Waals surface area contributed by atoms with E-state index in [1.54, 1.807) is 35.6 Å². The second-order valence-electron chi connectivity index (χ2n) is 5.86. The molecule has 0 atom stereocenters. The van der Waals surface area contributed by atoms with Crippen molar-refractivity contribution >= 4 is 21.6 Å². The molecule has 1 aromatic carbocycles. The average molecular weight is 366 g/mol. The second-order valence-corrected chi connectivity index (χ2v) is 8.18. The van der Waals surface area contributed by atoms with E-state index in [1.165, 1.54) is 0 Å². The Morgan fingerprint density at radius 2 is 1.83 bits per heavy atom. The van der Waals surface area contributed by atoms with Crippen LogP contribution in [0.4, 0.5) is 0 Å². The highest BCUT2D eigenvalue weighted by molar-refractivity contribution is 7.89. The van der Waals surface area contributed by atoms with Crippen molar-refractivity contribution in [3.8, 4) is 0 Å². The highest BCUT2D eigenvalue weighted by Crippen LogP contribution is 2.26. The summed E-state index contributed by atoms with van der Waals surface area (Å²) in [7, 11) is -3.50. The summed E-state index contributed by atoms with van der Waals surface area (Å²) >= 11 is 6.07. The number of rotatable bonds is 4. The lowest BCUT2D eigenvalue weighted by atomic mass is 10.2. The Balaban J connectivity index is 1.69. The standard InChI is InChI=1S/C17H20ClN3O2S/c1-14-16(18)6-4-7-17(14)24(22,23)21-11-9-20(10-12-21)13-15-5-2-3-8-19-15/h2-8H,9-13H2,1H3. The lowest BCUT2D eigenvalue weighted by Crippen LogP contribution is -2.48. The Bertz CT molecular complexity index is 804. The first-order valence-electron chi connectivity index (χ1n) is 7.86. The van der Waals surface area contributed by atoms with Gasteiger partial charge in [-0.2, -0.15) is 4.31 Å². The molecule has 1 aliphatic rings. The molecular weight excluding hydrogens is 346 g/mol. The molecule has 5 nitrogen and oxygen atoms in total. The zero-order valence-corrected chi connectivity index (χ0v) is 15.1. The van der Waals surface area contributed by atoms with E-state index < -0.39 is 10.0 Å². The molecule has 1 aliphatic heterocycles. The van der Waals surface area contributed by atoms with Gasteiger partial charge in [0.1, 0.15) is 0 Å². The van der Waals surface area contributed by atoms with E-state index in [4.69, 9.17) is 11.6 Å². The Labute approximate surface area is 147 Å². The maximum Gasteiger partial charge on any atom is 0.243 e. The minimum Gasteiger partial charge on any atom is -0.295 e. The summed E-state index contributed by atoms with van der Waals surface area (Å²) < 4.78 is 27.3. The third-order valence-corrected chi connectivity index (χ3v) is 6.73. The minimum absolute atomic E-state index is 0.299. The van der Waals surface area contributed by atoms with Crippen LogP contribution in [0.5, 0.6) is 0 Å². The fourth-order valence-corrected chi connectivity index (χ4v) is 4.76. The van der Waals surface area contributed by atoms with E-state index in [0.717, 1.165) is 12.2 Å². The molecule has 0 N–H and O–H groups in total. The molecular formula is C17H20ClN3O2S. The number of hydrogen-bond acceptors (Lipinski definition) is 4. The number of benzene rings is 1. The van der Waals surface area contributed by atoms with Crippen molar-refractivity contribution in [2.75, 3.05) is 26.2 Å². The number of sulfonamides is 1. The van der Waals surface area contributed by atoms with Crippen molar-refractivity contribution in [2.45, 2.75) is 18.4 Å². The topological polar surface area (TPSA) is 53.5 Å². The first-order chi connectivity index (χ1) is 11.5. The maximum absolute atomic E-state index is 12.9. The summed E-state index contributed by atoms with van der Waals surface area (Å²) in [5, 5.41) is 0.477. The number of halogens is 1. The van der Waals surface area contributed by atoms with Gasteiger partial charge in [-0.25, -0.2) is 8.42 Å². The molecule has 24 heavy (non-hydrogen) atoms. The van der Waals surface area contributed by atoms with Crippen LogP contribution in [0.2, 0.25) is 5.02 Å². The molecule has 0 bridgehead atoms. The van der Waals surface area contributed by atoms with Gasteiger partial charge in [-0.1, -0.05) is 23.7 Å². The zero-order chi connectivity index (χ0) is 17.2. The van der Waals surface area contributed by atoms with E-state index in [-0.39, 0.29) is 0 Å². The number of nitrogens with zero attached hydrogens (tertiary/aromatic N) is 3. The highest BCUT2D eigenvalue weighted by Gasteiger charge is 2.30. The van der Waals surface area contributed by atoms with Gasteiger partial charge >= 0.3 is 0 Å². The molecule has 0 radical (unpaired) electrons. The third-order valence-electron chi connectivity index (χ3n) is 4.28. The number of pyridine rings is 1. The van der Waals surface area contributed by atoms with Crippen molar-refractivity contribution in [3.05, 3.63) is 58.9 Å². The predicted molar refractivity (Wildman–Crippen MR) is 94.5 cm³/mol. The van der Waals surface area contributed by atoms with Gasteiger partial charge in [0.05, 0.1) is 10.6 Å². The molecule has 3 rings (SSSR count). The molecule has 0 amide bonds. The Morgan fingerprint density at radius 1 is 1.08 bits per heavy atom. The quantitative estimate of drug-likeness (QED) is 0.835. The van der Waals surface area contributed by atoms with Gasteiger partial charge in [-0.05, 0) is 36.8 Å². The van der Waals surface area contributed by atoms with Crippen LogP contribution in [0.1, 0.15) is 11.3 Å². The summed E-state index contributed by atoms with van der Waals surface area (Å²) in [4.78, 5) is 6.84. The summed E-state index contributed by atoms with van der Waals surface area (Å²) in [6, 6.07) is 10.8.